The molecule has 0 aromatic heterocycles. The minimum Gasteiger partial charge on any atom is -0.307 e. The maximum atomic E-state index is 13.7. The molecule has 0 spiro atoms. The summed E-state index contributed by atoms with van der Waals surface area (Å²) in [5.74, 6) is 0. The van der Waals surface area contributed by atoms with Crippen LogP contribution in [0.2, 0.25) is 0 Å². The molecule has 0 fully saturated rings. The van der Waals surface area contributed by atoms with Crippen molar-refractivity contribution in [2.75, 3.05) is 4.90 Å². The zero-order valence-electron chi connectivity index (χ0n) is 18.5. The fraction of sp³-hybridized carbons (Fsp3) is 0.357. The largest absolute Gasteiger partial charge is 0.307 e. The fourth-order valence-electron chi connectivity index (χ4n) is 5.78. The summed E-state index contributed by atoms with van der Waals surface area (Å²) in [5.41, 5.74) is 12.1. The van der Waals surface area contributed by atoms with Gasteiger partial charge < -0.3 is 4.90 Å². The highest BCUT2D eigenvalue weighted by molar-refractivity contribution is 7.85. The molecule has 0 saturated carbocycles. The third kappa shape index (κ3) is 3.01. The Bertz CT molecular complexity index is 1150. The van der Waals surface area contributed by atoms with E-state index in [1.807, 2.05) is 0 Å². The lowest BCUT2D eigenvalue weighted by Gasteiger charge is -2.38. The maximum Gasteiger partial charge on any atom is 0.0892 e. The first kappa shape index (κ1) is 19.3. The number of aryl methyl sites for hydroxylation is 4. The predicted molar refractivity (Wildman–Crippen MR) is 129 cm³/mol. The number of anilines is 3. The van der Waals surface area contributed by atoms with Gasteiger partial charge in [-0.1, -0.05) is 18.2 Å². The lowest BCUT2D eigenvalue weighted by atomic mass is 9.81. The number of fused-ring (bicyclic) bond motifs is 4. The summed E-state index contributed by atoms with van der Waals surface area (Å²) in [6, 6.07) is 15.5. The second-order valence-corrected chi connectivity index (χ2v) is 10.9. The Balaban J connectivity index is 1.70. The quantitative estimate of drug-likeness (QED) is 0.326. The van der Waals surface area contributed by atoms with Crippen LogP contribution in [0.3, 0.4) is 0 Å². The van der Waals surface area contributed by atoms with Gasteiger partial charge in [-0.3, -0.25) is 0 Å². The van der Waals surface area contributed by atoms with Gasteiger partial charge in [0, 0.05) is 0 Å². The van der Waals surface area contributed by atoms with Gasteiger partial charge in [-0.25, -0.2) is 4.21 Å². The summed E-state index contributed by atoms with van der Waals surface area (Å²) in [7, 11) is -1.15. The van der Waals surface area contributed by atoms with Gasteiger partial charge in [0.25, 0.3) is 0 Å². The Morgan fingerprint density at radius 1 is 0.677 bits per heavy atom. The van der Waals surface area contributed by atoms with Crippen LogP contribution < -0.4 is 4.90 Å². The minimum absolute atomic E-state index is 0.955. The molecule has 3 heteroatoms. The van der Waals surface area contributed by atoms with Crippen LogP contribution >= 0.6 is 0 Å². The van der Waals surface area contributed by atoms with Crippen molar-refractivity contribution in [2.45, 2.75) is 75.0 Å². The van der Waals surface area contributed by atoms with E-state index < -0.39 is 10.8 Å². The van der Waals surface area contributed by atoms with Gasteiger partial charge in [0.1, 0.15) is 0 Å². The van der Waals surface area contributed by atoms with Crippen molar-refractivity contribution in [1.29, 1.82) is 0 Å². The van der Waals surface area contributed by atoms with E-state index in [1.54, 1.807) is 11.1 Å². The van der Waals surface area contributed by atoms with Crippen molar-refractivity contribution < 1.29 is 4.21 Å². The summed E-state index contributed by atoms with van der Waals surface area (Å²) in [6.07, 6.45) is 9.80. The minimum atomic E-state index is -1.15. The number of hydrogen-bond donors (Lipinski definition) is 0. The molecule has 158 valence electrons. The smallest absolute Gasteiger partial charge is 0.0892 e. The van der Waals surface area contributed by atoms with Crippen LogP contribution in [0.15, 0.2) is 52.3 Å². The van der Waals surface area contributed by atoms with Crippen molar-refractivity contribution in [2.24, 2.45) is 0 Å². The number of rotatable bonds is 1. The monoisotopic (exact) mass is 427 g/mol. The molecule has 31 heavy (non-hydrogen) atoms. The lowest BCUT2D eigenvalue weighted by Crippen LogP contribution is -2.24. The molecular weight excluding hydrogens is 398 g/mol. The van der Waals surface area contributed by atoms with E-state index in [-0.39, 0.29) is 0 Å². The zero-order chi connectivity index (χ0) is 21.1. The van der Waals surface area contributed by atoms with Crippen LogP contribution in [0.1, 0.15) is 59.1 Å². The van der Waals surface area contributed by atoms with Crippen molar-refractivity contribution in [1.82, 2.24) is 0 Å². The Hall–Kier alpha value is -2.39. The molecule has 0 N–H and O–H groups in total. The first-order valence-electron chi connectivity index (χ1n) is 11.7. The molecule has 0 bridgehead atoms. The second kappa shape index (κ2) is 7.34. The van der Waals surface area contributed by atoms with Crippen molar-refractivity contribution >= 4 is 27.9 Å². The molecule has 0 unspecified atom stereocenters. The predicted octanol–water partition coefficient (Wildman–Crippen LogP) is 7.01. The molecule has 3 aliphatic rings. The van der Waals surface area contributed by atoms with E-state index in [9.17, 15) is 4.21 Å². The van der Waals surface area contributed by atoms with Crippen molar-refractivity contribution in [3.05, 3.63) is 75.8 Å². The SMILES string of the molecule is Cc1ccc2c(c1)S(=O)c1cc(C)ccc1N2c1c2c(cc3c1CCCC3)CCCC2. The van der Waals surface area contributed by atoms with E-state index in [0.29, 0.717) is 0 Å². The van der Waals surface area contributed by atoms with Gasteiger partial charge in [0.15, 0.2) is 0 Å². The molecule has 3 aromatic carbocycles. The number of nitrogens with zero attached hydrogens (tertiary/aromatic N) is 1. The van der Waals surface area contributed by atoms with Gasteiger partial charge >= 0.3 is 0 Å². The topological polar surface area (TPSA) is 20.3 Å². The Morgan fingerprint density at radius 3 is 1.68 bits per heavy atom. The van der Waals surface area contributed by atoms with Gasteiger partial charge in [-0.05, 0) is 123 Å². The van der Waals surface area contributed by atoms with Crippen molar-refractivity contribution in [3.63, 3.8) is 0 Å². The Kier molecular flexibility index (Phi) is 4.57. The molecule has 6 rings (SSSR count). The molecule has 0 atom stereocenters. The van der Waals surface area contributed by atoms with E-state index in [1.165, 1.54) is 66.5 Å². The summed E-state index contributed by atoms with van der Waals surface area (Å²) >= 11 is 0. The average molecular weight is 428 g/mol. The second-order valence-electron chi connectivity index (χ2n) is 9.46. The highest BCUT2D eigenvalue weighted by Crippen LogP contribution is 2.51. The van der Waals surface area contributed by atoms with E-state index in [4.69, 9.17) is 0 Å². The molecule has 2 nitrogen and oxygen atoms in total. The zero-order valence-corrected chi connectivity index (χ0v) is 19.3. The first-order chi connectivity index (χ1) is 15.1. The highest BCUT2D eigenvalue weighted by atomic mass is 32.2. The van der Waals surface area contributed by atoms with Gasteiger partial charge in [0.2, 0.25) is 0 Å². The highest BCUT2D eigenvalue weighted by Gasteiger charge is 2.34. The summed E-state index contributed by atoms with van der Waals surface area (Å²) in [5, 5.41) is 0. The maximum absolute atomic E-state index is 13.7. The van der Waals surface area contributed by atoms with Crippen molar-refractivity contribution in [3.8, 4) is 0 Å². The van der Waals surface area contributed by atoms with Crippen LogP contribution in [-0.2, 0) is 36.5 Å². The molecule has 0 radical (unpaired) electrons. The normalized spacial score (nSPS) is 17.5. The molecule has 2 aliphatic carbocycles. The van der Waals surface area contributed by atoms with Crippen LogP contribution in [0, 0.1) is 13.8 Å². The first-order valence-corrected chi connectivity index (χ1v) is 12.9. The third-order valence-electron chi connectivity index (χ3n) is 7.28. The van der Waals surface area contributed by atoms with Crippen LogP contribution in [0.5, 0.6) is 0 Å². The van der Waals surface area contributed by atoms with Crippen LogP contribution in [-0.4, -0.2) is 4.21 Å². The molecule has 1 heterocycles. The molecule has 3 aromatic rings. The summed E-state index contributed by atoms with van der Waals surface area (Å²) in [4.78, 5) is 4.39. The van der Waals surface area contributed by atoms with Gasteiger partial charge in [-0.2, -0.15) is 0 Å². The molecular formula is C28H29NOS. The van der Waals surface area contributed by atoms with E-state index >= 15 is 0 Å². The summed E-state index contributed by atoms with van der Waals surface area (Å²) < 4.78 is 13.7. The molecule has 1 aliphatic heterocycles. The summed E-state index contributed by atoms with van der Waals surface area (Å²) in [6.45, 7) is 4.19. The van der Waals surface area contributed by atoms with Crippen LogP contribution in [0.25, 0.3) is 0 Å². The standard InChI is InChI=1S/C28H29NOS/c1-18-11-13-24-26(15-18)31(30)27-16-19(2)12-14-25(27)29(24)28-22-9-5-3-7-20(22)17-21-8-4-6-10-23(21)28/h11-17H,3-10H2,1-2H3. The van der Waals surface area contributed by atoms with Gasteiger partial charge in [-0.15, -0.1) is 0 Å². The number of benzene rings is 3. The average Bonchev–Trinajstić information content (AvgIpc) is 2.79. The lowest BCUT2D eigenvalue weighted by molar-refractivity contribution is 0.658. The fourth-order valence-corrected chi connectivity index (χ4v) is 7.30. The molecule has 0 amide bonds. The Labute approximate surface area is 187 Å². The van der Waals surface area contributed by atoms with E-state index in [2.05, 4.69) is 61.2 Å². The number of hydrogen-bond acceptors (Lipinski definition) is 2. The van der Waals surface area contributed by atoms with E-state index in [0.717, 1.165) is 34.0 Å². The Morgan fingerprint density at radius 2 is 1.16 bits per heavy atom. The molecule has 0 saturated heterocycles. The van der Waals surface area contributed by atoms with Crippen LogP contribution in [0.4, 0.5) is 17.1 Å². The third-order valence-corrected chi connectivity index (χ3v) is 8.73. The van der Waals surface area contributed by atoms with Gasteiger partial charge in [0.05, 0.1) is 37.7 Å².